The Balaban J connectivity index is 1.31. The van der Waals surface area contributed by atoms with Gasteiger partial charge in [-0.05, 0) is 18.2 Å². The zero-order chi connectivity index (χ0) is 23.9. The lowest BCUT2D eigenvalue weighted by atomic mass is 10.2. The summed E-state index contributed by atoms with van der Waals surface area (Å²) in [4.78, 5) is 32.7. The number of nitrogens with one attached hydrogen (secondary N) is 2. The summed E-state index contributed by atoms with van der Waals surface area (Å²) in [6, 6.07) is 13.4. The Morgan fingerprint density at radius 2 is 2.00 bits per heavy atom. The van der Waals surface area contributed by atoms with Crippen LogP contribution in [0.4, 0.5) is 11.6 Å². The number of rotatable bonds is 5. The molecule has 0 amide bonds. The van der Waals surface area contributed by atoms with Gasteiger partial charge in [-0.2, -0.15) is 10.1 Å². The molecule has 0 saturated heterocycles. The van der Waals surface area contributed by atoms with Crippen LogP contribution >= 0.6 is 0 Å². The Labute approximate surface area is 196 Å². The van der Waals surface area contributed by atoms with Gasteiger partial charge in [-0.3, -0.25) is 24.6 Å². The number of para-hydroxylation sites is 1. The molecule has 0 saturated carbocycles. The number of benzene rings is 2. The van der Waals surface area contributed by atoms with Crippen LogP contribution in [0.25, 0.3) is 27.6 Å². The zero-order valence-electron chi connectivity index (χ0n) is 18.0. The smallest absolute Gasteiger partial charge is 0.273 e. The van der Waals surface area contributed by atoms with Crippen LogP contribution in [0.2, 0.25) is 0 Å². The lowest BCUT2D eigenvalue weighted by Gasteiger charge is -2.26. The summed E-state index contributed by atoms with van der Waals surface area (Å²) in [7, 11) is 0. The molecular weight excluding hydrogens is 454 g/mol. The number of fused-ring (bicyclic) bond motifs is 4. The Morgan fingerprint density at radius 3 is 2.83 bits per heavy atom. The standard InChI is InChI=1S/C23H17N7O5/c31-22-17-11-26-28-20(17)16-10-25-23(27-21(16)29(22)13-4-2-1-3-5-13)24-9-15-12-34-19-8-14(30(32)33)6-7-18(19)35-15/h1-8,10-11,15H,9,12H2,(H,26,28)(H,24,25,27). The van der Waals surface area contributed by atoms with E-state index < -0.39 is 4.92 Å². The van der Waals surface area contributed by atoms with Crippen molar-refractivity contribution in [2.45, 2.75) is 6.10 Å². The number of hydrogen-bond donors (Lipinski definition) is 2. The van der Waals surface area contributed by atoms with E-state index >= 15 is 0 Å². The van der Waals surface area contributed by atoms with Gasteiger partial charge in [-0.25, -0.2) is 4.98 Å². The van der Waals surface area contributed by atoms with Gasteiger partial charge < -0.3 is 14.8 Å². The average molecular weight is 471 g/mol. The second kappa shape index (κ2) is 8.09. The maximum Gasteiger partial charge on any atom is 0.273 e. The quantitative estimate of drug-likeness (QED) is 0.291. The van der Waals surface area contributed by atoms with Gasteiger partial charge >= 0.3 is 0 Å². The number of nitrogens with zero attached hydrogens (tertiary/aromatic N) is 5. The number of aromatic amines is 1. The Kier molecular flexibility index (Phi) is 4.76. The fourth-order valence-electron chi connectivity index (χ4n) is 4.01. The molecule has 12 heteroatoms. The fraction of sp³-hybridized carbons (Fsp3) is 0.130. The van der Waals surface area contributed by atoms with Crippen molar-refractivity contribution in [3.63, 3.8) is 0 Å². The first kappa shape index (κ1) is 20.6. The lowest BCUT2D eigenvalue weighted by molar-refractivity contribution is -0.385. The van der Waals surface area contributed by atoms with Crippen molar-refractivity contribution in [3.8, 4) is 17.2 Å². The molecule has 0 fully saturated rings. The highest BCUT2D eigenvalue weighted by Crippen LogP contribution is 2.35. The van der Waals surface area contributed by atoms with E-state index in [-0.39, 0.29) is 24.0 Å². The molecule has 0 aliphatic carbocycles. The van der Waals surface area contributed by atoms with Gasteiger partial charge in [0.1, 0.15) is 12.7 Å². The third kappa shape index (κ3) is 3.57. The highest BCUT2D eigenvalue weighted by molar-refractivity contribution is 6.02. The van der Waals surface area contributed by atoms with Crippen molar-refractivity contribution in [2.24, 2.45) is 0 Å². The van der Waals surface area contributed by atoms with Crippen molar-refractivity contribution in [1.82, 2.24) is 24.7 Å². The maximum atomic E-state index is 13.2. The lowest BCUT2D eigenvalue weighted by Crippen LogP contribution is -2.35. The van der Waals surface area contributed by atoms with Crippen LogP contribution < -0.4 is 20.3 Å². The normalized spacial score (nSPS) is 14.8. The van der Waals surface area contributed by atoms with E-state index in [1.165, 1.54) is 29.0 Å². The van der Waals surface area contributed by atoms with Crippen LogP contribution in [0.1, 0.15) is 0 Å². The third-order valence-electron chi connectivity index (χ3n) is 5.68. The largest absolute Gasteiger partial charge is 0.485 e. The molecule has 0 bridgehead atoms. The first-order chi connectivity index (χ1) is 17.1. The van der Waals surface area contributed by atoms with Crippen LogP contribution in [0.15, 0.2) is 65.7 Å². The summed E-state index contributed by atoms with van der Waals surface area (Å²) < 4.78 is 13.1. The van der Waals surface area contributed by atoms with Crippen LogP contribution in [0.3, 0.4) is 0 Å². The maximum absolute atomic E-state index is 13.2. The summed E-state index contributed by atoms with van der Waals surface area (Å²) in [5, 5.41) is 22.1. The molecule has 1 unspecified atom stereocenters. The molecule has 174 valence electrons. The number of nitro groups is 1. The van der Waals surface area contributed by atoms with Gasteiger partial charge in [-0.15, -0.1) is 0 Å². The number of pyridine rings is 1. The van der Waals surface area contributed by atoms with E-state index in [0.29, 0.717) is 51.6 Å². The second-order valence-corrected chi connectivity index (χ2v) is 7.89. The van der Waals surface area contributed by atoms with Crippen molar-refractivity contribution in [1.29, 1.82) is 0 Å². The van der Waals surface area contributed by atoms with Crippen molar-refractivity contribution in [3.05, 3.63) is 81.4 Å². The summed E-state index contributed by atoms with van der Waals surface area (Å²) in [6.45, 7) is 0.502. The highest BCUT2D eigenvalue weighted by atomic mass is 16.6. The fourth-order valence-corrected chi connectivity index (χ4v) is 4.01. The molecular formula is C23H17N7O5. The van der Waals surface area contributed by atoms with E-state index in [4.69, 9.17) is 9.47 Å². The van der Waals surface area contributed by atoms with Gasteiger partial charge in [0.05, 0.1) is 45.7 Å². The van der Waals surface area contributed by atoms with Crippen molar-refractivity contribution in [2.75, 3.05) is 18.5 Å². The number of non-ortho nitro benzene ring substituents is 1. The van der Waals surface area contributed by atoms with Crippen molar-refractivity contribution < 1.29 is 14.4 Å². The predicted molar refractivity (Wildman–Crippen MR) is 126 cm³/mol. The molecule has 5 aromatic rings. The van der Waals surface area contributed by atoms with Crippen LogP contribution in [0.5, 0.6) is 11.5 Å². The molecule has 2 N–H and O–H groups in total. The van der Waals surface area contributed by atoms with E-state index in [1.807, 2.05) is 30.3 Å². The van der Waals surface area contributed by atoms with E-state index in [9.17, 15) is 14.9 Å². The van der Waals surface area contributed by atoms with Crippen LogP contribution in [-0.2, 0) is 0 Å². The number of anilines is 1. The van der Waals surface area contributed by atoms with Gasteiger partial charge in [0.25, 0.3) is 11.2 Å². The Bertz CT molecular complexity index is 1650. The van der Waals surface area contributed by atoms with E-state index in [1.54, 1.807) is 6.20 Å². The first-order valence-electron chi connectivity index (χ1n) is 10.7. The number of hydrogen-bond acceptors (Lipinski definition) is 9. The SMILES string of the molecule is O=c1c2cn[nH]c2c2cnc(NCC3COc4cc([N+](=O)[O-])ccc4O3)nc2n1-c1ccccc1. The van der Waals surface area contributed by atoms with E-state index in [0.717, 1.165) is 0 Å². The minimum Gasteiger partial charge on any atom is -0.485 e. The molecule has 0 radical (unpaired) electrons. The third-order valence-corrected chi connectivity index (χ3v) is 5.68. The number of nitro benzene ring substituents is 1. The van der Waals surface area contributed by atoms with Gasteiger partial charge in [0.2, 0.25) is 5.95 Å². The molecule has 1 aliphatic heterocycles. The van der Waals surface area contributed by atoms with Gasteiger partial charge in [0.15, 0.2) is 17.1 Å². The molecule has 3 aromatic heterocycles. The second-order valence-electron chi connectivity index (χ2n) is 7.89. The summed E-state index contributed by atoms with van der Waals surface area (Å²) in [6.07, 6.45) is 2.75. The highest BCUT2D eigenvalue weighted by Gasteiger charge is 2.24. The first-order valence-corrected chi connectivity index (χ1v) is 10.7. The summed E-state index contributed by atoms with van der Waals surface area (Å²) in [5.41, 5.74) is 1.36. The zero-order valence-corrected chi connectivity index (χ0v) is 18.0. The number of H-pyrrole nitrogens is 1. The average Bonchev–Trinajstić information content (AvgIpc) is 3.38. The topological polar surface area (TPSA) is 150 Å². The number of aromatic nitrogens is 5. The molecule has 4 heterocycles. The monoisotopic (exact) mass is 471 g/mol. The Morgan fingerprint density at radius 1 is 1.14 bits per heavy atom. The number of ether oxygens (including phenoxy) is 2. The Hall–Kier alpha value is -5.00. The minimum atomic E-state index is -0.486. The summed E-state index contributed by atoms with van der Waals surface area (Å²) >= 11 is 0. The molecule has 0 spiro atoms. The molecule has 35 heavy (non-hydrogen) atoms. The van der Waals surface area contributed by atoms with Gasteiger partial charge in [-0.1, -0.05) is 18.2 Å². The van der Waals surface area contributed by atoms with Crippen LogP contribution in [0, 0.1) is 10.1 Å². The minimum absolute atomic E-state index is 0.0654. The molecule has 1 aliphatic rings. The van der Waals surface area contributed by atoms with Crippen molar-refractivity contribution >= 4 is 33.6 Å². The molecule has 12 nitrogen and oxygen atoms in total. The van der Waals surface area contributed by atoms with Crippen LogP contribution in [-0.4, -0.2) is 48.9 Å². The predicted octanol–water partition coefficient (Wildman–Crippen LogP) is 2.82. The summed E-state index contributed by atoms with van der Waals surface area (Å²) in [5.74, 6) is 1.05. The molecule has 1 atom stereocenters. The van der Waals surface area contributed by atoms with Gasteiger partial charge in [0, 0.05) is 12.3 Å². The van der Waals surface area contributed by atoms with E-state index in [2.05, 4.69) is 25.5 Å². The molecule has 2 aromatic carbocycles. The molecule has 6 rings (SSSR count).